The van der Waals surface area contributed by atoms with Crippen LogP contribution in [0.25, 0.3) is 0 Å². The number of nitrogens with one attached hydrogen (secondary N) is 1. The van der Waals surface area contributed by atoms with Gasteiger partial charge in [0, 0.05) is 24.6 Å². The number of likely N-dealkylation sites (N-methyl/N-ethyl adjacent to an activating group) is 1. The summed E-state index contributed by atoms with van der Waals surface area (Å²) in [6.07, 6.45) is 2.20. The van der Waals surface area contributed by atoms with E-state index in [0.717, 1.165) is 29.1 Å². The highest BCUT2D eigenvalue weighted by atomic mass is 79.9. The molecule has 0 aromatic carbocycles. The smallest absolute Gasteiger partial charge is 0.239 e. The summed E-state index contributed by atoms with van der Waals surface area (Å²) in [5, 5.41) is 2.98. The first kappa shape index (κ1) is 15.2. The second-order valence-electron chi connectivity index (χ2n) is 6.32. The SMILES string of the molecule is CN(CC(=O)NC1CC1)c1cc(Br)nc(C(C)(C)C)n1. The number of carbonyl (C=O) groups is 1. The fraction of sp³-hybridized carbons (Fsp3) is 0.643. The minimum atomic E-state index is -0.129. The maximum atomic E-state index is 11.8. The third-order valence-electron chi connectivity index (χ3n) is 3.07. The maximum absolute atomic E-state index is 11.8. The number of hydrogen-bond donors (Lipinski definition) is 1. The lowest BCUT2D eigenvalue weighted by molar-refractivity contribution is -0.119. The Hall–Kier alpha value is -1.17. The molecule has 0 atom stereocenters. The molecular weight excluding hydrogens is 320 g/mol. The average molecular weight is 341 g/mol. The Morgan fingerprint density at radius 3 is 2.65 bits per heavy atom. The monoisotopic (exact) mass is 340 g/mol. The molecule has 0 saturated heterocycles. The van der Waals surface area contributed by atoms with E-state index in [1.165, 1.54) is 0 Å². The van der Waals surface area contributed by atoms with Gasteiger partial charge >= 0.3 is 0 Å². The van der Waals surface area contributed by atoms with Gasteiger partial charge in [0.1, 0.15) is 16.2 Å². The number of hydrogen-bond acceptors (Lipinski definition) is 4. The quantitative estimate of drug-likeness (QED) is 0.854. The largest absolute Gasteiger partial charge is 0.352 e. The zero-order valence-corrected chi connectivity index (χ0v) is 14.0. The molecule has 1 aliphatic carbocycles. The fourth-order valence-corrected chi connectivity index (χ4v) is 2.11. The summed E-state index contributed by atoms with van der Waals surface area (Å²) in [6, 6.07) is 2.22. The van der Waals surface area contributed by atoms with Gasteiger partial charge < -0.3 is 10.2 Å². The molecule has 1 N–H and O–H groups in total. The summed E-state index contributed by atoms with van der Waals surface area (Å²) in [5.74, 6) is 1.56. The van der Waals surface area contributed by atoms with Crippen molar-refractivity contribution in [2.75, 3.05) is 18.5 Å². The predicted molar refractivity (Wildman–Crippen MR) is 82.9 cm³/mol. The Labute approximate surface area is 128 Å². The highest BCUT2D eigenvalue weighted by Crippen LogP contribution is 2.24. The van der Waals surface area contributed by atoms with Crippen LogP contribution < -0.4 is 10.2 Å². The van der Waals surface area contributed by atoms with Crippen molar-refractivity contribution in [2.24, 2.45) is 0 Å². The van der Waals surface area contributed by atoms with Gasteiger partial charge in [0.25, 0.3) is 0 Å². The fourth-order valence-electron chi connectivity index (χ4n) is 1.73. The Morgan fingerprint density at radius 1 is 1.45 bits per heavy atom. The summed E-state index contributed by atoms with van der Waals surface area (Å²) in [5.41, 5.74) is -0.129. The molecule has 2 rings (SSSR count). The van der Waals surface area contributed by atoms with Crippen LogP contribution in [0.4, 0.5) is 5.82 Å². The van der Waals surface area contributed by atoms with Crippen LogP contribution in [0.1, 0.15) is 39.4 Å². The van der Waals surface area contributed by atoms with Gasteiger partial charge in [-0.3, -0.25) is 4.79 Å². The molecule has 0 aliphatic heterocycles. The molecule has 1 aromatic heterocycles. The molecule has 1 aromatic rings. The van der Waals surface area contributed by atoms with Crippen LogP contribution in [-0.2, 0) is 10.2 Å². The summed E-state index contributed by atoms with van der Waals surface area (Å²) in [7, 11) is 1.87. The molecule has 20 heavy (non-hydrogen) atoms. The third kappa shape index (κ3) is 4.16. The van der Waals surface area contributed by atoms with Gasteiger partial charge in [0.15, 0.2) is 0 Å². The zero-order valence-electron chi connectivity index (χ0n) is 12.4. The number of nitrogens with zero attached hydrogens (tertiary/aromatic N) is 3. The van der Waals surface area contributed by atoms with Crippen LogP contribution in [0, 0.1) is 0 Å². The van der Waals surface area contributed by atoms with Gasteiger partial charge in [-0.1, -0.05) is 20.8 Å². The Balaban J connectivity index is 2.10. The van der Waals surface area contributed by atoms with E-state index >= 15 is 0 Å². The van der Waals surface area contributed by atoms with Crippen LogP contribution in [0.15, 0.2) is 10.7 Å². The van der Waals surface area contributed by atoms with Crippen molar-refractivity contribution in [3.05, 3.63) is 16.5 Å². The van der Waals surface area contributed by atoms with Crippen LogP contribution in [0.2, 0.25) is 0 Å². The molecule has 5 nitrogen and oxygen atoms in total. The van der Waals surface area contributed by atoms with Crippen molar-refractivity contribution >= 4 is 27.7 Å². The number of carbonyl (C=O) groups excluding carboxylic acids is 1. The lowest BCUT2D eigenvalue weighted by Gasteiger charge is -2.22. The molecule has 0 unspecified atom stereocenters. The van der Waals surface area contributed by atoms with E-state index in [9.17, 15) is 4.79 Å². The molecule has 1 saturated carbocycles. The van der Waals surface area contributed by atoms with Crippen LogP contribution in [0.3, 0.4) is 0 Å². The molecule has 6 heteroatoms. The van der Waals surface area contributed by atoms with E-state index in [-0.39, 0.29) is 11.3 Å². The van der Waals surface area contributed by atoms with Crippen molar-refractivity contribution < 1.29 is 4.79 Å². The standard InChI is InChI=1S/C14H21BrN4O/c1-14(2,3)13-17-10(15)7-11(18-13)19(4)8-12(20)16-9-5-6-9/h7,9H,5-6,8H2,1-4H3,(H,16,20). The van der Waals surface area contributed by atoms with E-state index in [4.69, 9.17) is 0 Å². The van der Waals surface area contributed by atoms with Crippen LogP contribution >= 0.6 is 15.9 Å². The minimum absolute atomic E-state index is 0.0436. The lowest BCUT2D eigenvalue weighted by Crippen LogP contribution is -2.36. The molecule has 1 fully saturated rings. The number of aromatic nitrogens is 2. The van der Waals surface area contributed by atoms with E-state index in [1.54, 1.807) is 0 Å². The van der Waals surface area contributed by atoms with Gasteiger partial charge in [0.05, 0.1) is 6.54 Å². The van der Waals surface area contributed by atoms with E-state index in [2.05, 4.69) is 52.0 Å². The summed E-state index contributed by atoms with van der Waals surface area (Å²) in [6.45, 7) is 6.51. The molecule has 1 amide bonds. The second kappa shape index (κ2) is 5.68. The number of halogens is 1. The summed E-state index contributed by atoms with van der Waals surface area (Å²) in [4.78, 5) is 22.6. The van der Waals surface area contributed by atoms with E-state index in [1.807, 2.05) is 18.0 Å². The normalized spacial score (nSPS) is 15.1. The molecule has 0 spiro atoms. The Morgan fingerprint density at radius 2 is 2.10 bits per heavy atom. The van der Waals surface area contributed by atoms with Gasteiger partial charge in [-0.25, -0.2) is 9.97 Å². The predicted octanol–water partition coefficient (Wildman–Crippen LogP) is 2.25. The number of amides is 1. The highest BCUT2D eigenvalue weighted by Gasteiger charge is 2.24. The first-order chi connectivity index (χ1) is 9.25. The van der Waals surface area contributed by atoms with Crippen molar-refractivity contribution in [2.45, 2.75) is 45.1 Å². The molecule has 0 bridgehead atoms. The Bertz CT molecular complexity index is 508. The molecular formula is C14H21BrN4O. The van der Waals surface area contributed by atoms with Gasteiger partial charge in [-0.05, 0) is 28.8 Å². The maximum Gasteiger partial charge on any atom is 0.239 e. The average Bonchev–Trinajstić information content (AvgIpc) is 3.10. The first-order valence-corrected chi connectivity index (χ1v) is 7.60. The van der Waals surface area contributed by atoms with E-state index < -0.39 is 0 Å². The van der Waals surface area contributed by atoms with Crippen LogP contribution in [-0.4, -0.2) is 35.5 Å². The topological polar surface area (TPSA) is 58.1 Å². The van der Waals surface area contributed by atoms with Crippen molar-refractivity contribution in [1.82, 2.24) is 15.3 Å². The molecule has 0 radical (unpaired) electrons. The van der Waals surface area contributed by atoms with E-state index in [0.29, 0.717) is 12.6 Å². The van der Waals surface area contributed by atoms with Gasteiger partial charge in [0.2, 0.25) is 5.91 Å². The summed E-state index contributed by atoms with van der Waals surface area (Å²) < 4.78 is 0.738. The van der Waals surface area contributed by atoms with Gasteiger partial charge in [-0.15, -0.1) is 0 Å². The molecule has 1 heterocycles. The highest BCUT2D eigenvalue weighted by molar-refractivity contribution is 9.10. The Kier molecular flexibility index (Phi) is 4.32. The molecule has 110 valence electrons. The second-order valence-corrected chi connectivity index (χ2v) is 7.13. The number of anilines is 1. The zero-order chi connectivity index (χ0) is 14.9. The third-order valence-corrected chi connectivity index (χ3v) is 3.47. The van der Waals surface area contributed by atoms with Crippen molar-refractivity contribution in [3.63, 3.8) is 0 Å². The van der Waals surface area contributed by atoms with Crippen molar-refractivity contribution in [3.8, 4) is 0 Å². The van der Waals surface area contributed by atoms with Crippen molar-refractivity contribution in [1.29, 1.82) is 0 Å². The minimum Gasteiger partial charge on any atom is -0.352 e. The van der Waals surface area contributed by atoms with Gasteiger partial charge in [-0.2, -0.15) is 0 Å². The molecule has 1 aliphatic rings. The number of rotatable bonds is 4. The lowest BCUT2D eigenvalue weighted by atomic mass is 9.96. The summed E-state index contributed by atoms with van der Waals surface area (Å²) >= 11 is 3.41. The van der Waals surface area contributed by atoms with Crippen LogP contribution in [0.5, 0.6) is 0 Å². The first-order valence-electron chi connectivity index (χ1n) is 6.81.